The first-order valence-electron chi connectivity index (χ1n) is 9.14. The molecule has 2 rings (SSSR count). The van der Waals surface area contributed by atoms with Crippen molar-refractivity contribution in [2.45, 2.75) is 33.1 Å². The molecule has 0 aliphatic heterocycles. The summed E-state index contributed by atoms with van der Waals surface area (Å²) in [5.41, 5.74) is 6.55. The van der Waals surface area contributed by atoms with Crippen molar-refractivity contribution in [2.75, 3.05) is 38.1 Å². The Morgan fingerprint density at radius 3 is 2.75 bits per heavy atom. The highest BCUT2D eigenvalue weighted by Crippen LogP contribution is 2.33. The van der Waals surface area contributed by atoms with Crippen molar-refractivity contribution in [3.8, 4) is 5.75 Å². The fourth-order valence-corrected chi connectivity index (χ4v) is 3.41. The summed E-state index contributed by atoms with van der Waals surface area (Å²) in [5, 5.41) is 3.05. The van der Waals surface area contributed by atoms with E-state index in [4.69, 9.17) is 10.5 Å². The van der Waals surface area contributed by atoms with Crippen molar-refractivity contribution in [3.63, 3.8) is 0 Å². The Kier molecular flexibility index (Phi) is 7.53. The van der Waals surface area contributed by atoms with Crippen LogP contribution in [0.2, 0.25) is 0 Å². The molecule has 0 bridgehead atoms. The molecule has 1 aliphatic carbocycles. The van der Waals surface area contributed by atoms with E-state index in [9.17, 15) is 4.79 Å². The van der Waals surface area contributed by atoms with Gasteiger partial charge < -0.3 is 20.7 Å². The Balaban J connectivity index is 1.94. The number of para-hydroxylation sites is 2. The van der Waals surface area contributed by atoms with Gasteiger partial charge in [-0.05, 0) is 50.5 Å². The lowest BCUT2D eigenvalue weighted by Gasteiger charge is -2.20. The van der Waals surface area contributed by atoms with Crippen LogP contribution in [0.25, 0.3) is 0 Å². The molecule has 0 aromatic heterocycles. The van der Waals surface area contributed by atoms with Crippen LogP contribution in [0.15, 0.2) is 24.3 Å². The Labute approximate surface area is 145 Å². The van der Waals surface area contributed by atoms with Crippen LogP contribution in [-0.4, -0.2) is 43.6 Å². The van der Waals surface area contributed by atoms with E-state index in [0.29, 0.717) is 19.1 Å². The van der Waals surface area contributed by atoms with E-state index in [2.05, 4.69) is 24.1 Å². The van der Waals surface area contributed by atoms with E-state index in [1.165, 1.54) is 0 Å². The number of rotatable bonds is 9. The van der Waals surface area contributed by atoms with E-state index >= 15 is 0 Å². The van der Waals surface area contributed by atoms with Gasteiger partial charge in [0.25, 0.3) is 0 Å². The Hall–Kier alpha value is -1.59. The minimum absolute atomic E-state index is 0.0266. The minimum atomic E-state index is 0.0266. The van der Waals surface area contributed by atoms with Gasteiger partial charge in [-0.1, -0.05) is 32.4 Å². The number of nitrogens with two attached hydrogens (primary N) is 1. The maximum atomic E-state index is 12.6. The van der Waals surface area contributed by atoms with E-state index < -0.39 is 0 Å². The molecular weight excluding hydrogens is 302 g/mol. The molecule has 0 saturated heterocycles. The number of ether oxygens (including phenoxy) is 1. The van der Waals surface area contributed by atoms with Gasteiger partial charge in [-0.2, -0.15) is 0 Å². The number of hydrogen-bond donors (Lipinski definition) is 2. The van der Waals surface area contributed by atoms with E-state index in [-0.39, 0.29) is 11.8 Å². The first-order valence-corrected chi connectivity index (χ1v) is 9.14. The van der Waals surface area contributed by atoms with Crippen molar-refractivity contribution >= 4 is 11.6 Å². The van der Waals surface area contributed by atoms with Crippen LogP contribution in [0.4, 0.5) is 5.69 Å². The molecule has 2 atom stereocenters. The van der Waals surface area contributed by atoms with Crippen LogP contribution in [-0.2, 0) is 4.79 Å². The number of nitrogens with zero attached hydrogens (tertiary/aromatic N) is 1. The normalized spacial score (nSPS) is 20.3. The Morgan fingerprint density at radius 1 is 1.29 bits per heavy atom. The maximum absolute atomic E-state index is 12.6. The quantitative estimate of drug-likeness (QED) is 0.729. The van der Waals surface area contributed by atoms with Crippen LogP contribution in [0.1, 0.15) is 33.1 Å². The maximum Gasteiger partial charge on any atom is 0.227 e. The lowest BCUT2D eigenvalue weighted by atomic mass is 9.95. The number of hydrogen-bond acceptors (Lipinski definition) is 4. The van der Waals surface area contributed by atoms with Gasteiger partial charge in [0.2, 0.25) is 5.91 Å². The molecule has 5 nitrogen and oxygen atoms in total. The molecule has 1 aromatic carbocycles. The first kappa shape index (κ1) is 18.7. The van der Waals surface area contributed by atoms with Gasteiger partial charge in [-0.25, -0.2) is 0 Å². The zero-order valence-electron chi connectivity index (χ0n) is 15.0. The highest BCUT2D eigenvalue weighted by Gasteiger charge is 2.32. The van der Waals surface area contributed by atoms with E-state index in [1.807, 2.05) is 24.3 Å². The van der Waals surface area contributed by atoms with Gasteiger partial charge in [0.1, 0.15) is 12.4 Å². The summed E-state index contributed by atoms with van der Waals surface area (Å²) < 4.78 is 5.91. The fourth-order valence-electron chi connectivity index (χ4n) is 3.41. The van der Waals surface area contributed by atoms with Gasteiger partial charge in [-0.3, -0.25) is 4.79 Å². The Morgan fingerprint density at radius 2 is 2.04 bits per heavy atom. The van der Waals surface area contributed by atoms with Gasteiger partial charge in [0, 0.05) is 12.5 Å². The predicted molar refractivity (Wildman–Crippen MR) is 98.2 cm³/mol. The van der Waals surface area contributed by atoms with Crippen LogP contribution in [0.5, 0.6) is 5.75 Å². The van der Waals surface area contributed by atoms with Gasteiger partial charge in [0.05, 0.1) is 5.69 Å². The lowest BCUT2D eigenvalue weighted by Crippen LogP contribution is -2.30. The van der Waals surface area contributed by atoms with Crippen LogP contribution in [0, 0.1) is 11.8 Å². The summed E-state index contributed by atoms with van der Waals surface area (Å²) in [6, 6.07) is 7.66. The third kappa shape index (κ3) is 4.95. The zero-order valence-corrected chi connectivity index (χ0v) is 15.0. The molecule has 0 spiro atoms. The topological polar surface area (TPSA) is 67.6 Å². The number of anilines is 1. The van der Waals surface area contributed by atoms with Crippen LogP contribution < -0.4 is 15.8 Å². The van der Waals surface area contributed by atoms with Crippen LogP contribution in [0.3, 0.4) is 0 Å². The van der Waals surface area contributed by atoms with Crippen molar-refractivity contribution < 1.29 is 9.53 Å². The summed E-state index contributed by atoms with van der Waals surface area (Å²) in [4.78, 5) is 14.9. The Bertz CT molecular complexity index is 517. The smallest absolute Gasteiger partial charge is 0.227 e. The second kappa shape index (κ2) is 9.64. The second-order valence-electron chi connectivity index (χ2n) is 6.39. The number of benzene rings is 1. The highest BCUT2D eigenvalue weighted by molar-refractivity contribution is 5.94. The molecule has 0 unspecified atom stereocenters. The summed E-state index contributed by atoms with van der Waals surface area (Å²) in [7, 11) is 0. The van der Waals surface area contributed by atoms with Gasteiger partial charge >= 0.3 is 0 Å². The number of carbonyl (C=O) groups is 1. The molecule has 1 amide bonds. The molecule has 0 radical (unpaired) electrons. The highest BCUT2D eigenvalue weighted by atomic mass is 16.5. The molecule has 1 aliphatic rings. The van der Waals surface area contributed by atoms with E-state index in [0.717, 1.165) is 50.3 Å². The minimum Gasteiger partial charge on any atom is -0.490 e. The summed E-state index contributed by atoms with van der Waals surface area (Å²) in [5.74, 6) is 1.14. The number of carbonyl (C=O) groups excluding carboxylic acids is 1. The summed E-state index contributed by atoms with van der Waals surface area (Å²) >= 11 is 0. The van der Waals surface area contributed by atoms with Crippen molar-refractivity contribution in [1.29, 1.82) is 0 Å². The average molecular weight is 333 g/mol. The molecule has 0 heterocycles. The van der Waals surface area contributed by atoms with Crippen molar-refractivity contribution in [3.05, 3.63) is 24.3 Å². The molecular formula is C19H31N3O2. The third-order valence-corrected chi connectivity index (χ3v) is 5.00. The number of likely N-dealkylation sites (N-methyl/N-ethyl adjacent to an activating group) is 1. The van der Waals surface area contributed by atoms with E-state index in [1.54, 1.807) is 0 Å². The SMILES string of the molecule is CCN(CC)CCOc1ccccc1NC(=O)[C@@H]1CCC[C@@H]1CN. The largest absolute Gasteiger partial charge is 0.490 e. The zero-order chi connectivity index (χ0) is 17.4. The average Bonchev–Trinajstić information content (AvgIpc) is 3.09. The van der Waals surface area contributed by atoms with Gasteiger partial charge in [-0.15, -0.1) is 0 Å². The third-order valence-electron chi connectivity index (χ3n) is 5.00. The molecule has 24 heavy (non-hydrogen) atoms. The molecule has 134 valence electrons. The van der Waals surface area contributed by atoms with Gasteiger partial charge in [0.15, 0.2) is 0 Å². The monoisotopic (exact) mass is 333 g/mol. The number of nitrogens with one attached hydrogen (secondary N) is 1. The molecule has 1 saturated carbocycles. The second-order valence-corrected chi connectivity index (χ2v) is 6.39. The molecule has 5 heteroatoms. The van der Waals surface area contributed by atoms with Crippen molar-refractivity contribution in [2.24, 2.45) is 17.6 Å². The fraction of sp³-hybridized carbons (Fsp3) is 0.632. The molecule has 3 N–H and O–H groups in total. The summed E-state index contributed by atoms with van der Waals surface area (Å²) in [6.07, 6.45) is 3.07. The molecule has 1 aromatic rings. The first-order chi connectivity index (χ1) is 11.7. The number of amides is 1. The summed E-state index contributed by atoms with van der Waals surface area (Å²) in [6.45, 7) is 8.40. The molecule has 1 fully saturated rings. The van der Waals surface area contributed by atoms with Crippen molar-refractivity contribution in [1.82, 2.24) is 4.90 Å². The lowest BCUT2D eigenvalue weighted by molar-refractivity contribution is -0.120. The van der Waals surface area contributed by atoms with Crippen LogP contribution >= 0.6 is 0 Å². The predicted octanol–water partition coefficient (Wildman–Crippen LogP) is 2.72. The standard InChI is InChI=1S/C19H31N3O2/c1-3-22(4-2)12-13-24-18-11-6-5-10-17(18)21-19(23)16-9-7-8-15(16)14-20/h5-6,10-11,15-16H,3-4,7-9,12-14,20H2,1-2H3,(H,21,23)/t15-,16-/m1/s1.